The van der Waals surface area contributed by atoms with Crippen LogP contribution < -0.4 is 11.1 Å². The predicted octanol–water partition coefficient (Wildman–Crippen LogP) is 1.84. The highest BCUT2D eigenvalue weighted by atomic mass is 32.1. The summed E-state index contributed by atoms with van der Waals surface area (Å²) in [5.74, 6) is 1.46. The highest BCUT2D eigenvalue weighted by molar-refractivity contribution is 7.80. The molecular weight excluding hydrogens is 260 g/mol. The molecule has 19 heavy (non-hydrogen) atoms. The lowest BCUT2D eigenvalue weighted by Crippen LogP contribution is -2.16. The average Bonchev–Trinajstić information content (AvgIpc) is 2.58. The van der Waals surface area contributed by atoms with Crippen LogP contribution in [0.1, 0.15) is 31.5 Å². The van der Waals surface area contributed by atoms with E-state index in [9.17, 15) is 0 Å². The number of hydrogen-bond acceptors (Lipinski definition) is 4. The largest absolute Gasteiger partial charge is 0.389 e. The van der Waals surface area contributed by atoms with Crippen LogP contribution in [0, 0.1) is 12.8 Å². The van der Waals surface area contributed by atoms with Crippen molar-refractivity contribution in [3.63, 3.8) is 0 Å². The number of aryl methyl sites for hydroxylation is 2. The molecule has 3 N–H and O–H groups in total. The van der Waals surface area contributed by atoms with E-state index in [4.69, 9.17) is 22.7 Å². The number of aromatic nitrogens is 2. The lowest BCUT2D eigenvalue weighted by molar-refractivity contribution is 0.110. The van der Waals surface area contributed by atoms with E-state index >= 15 is 0 Å². The second-order valence-electron chi connectivity index (χ2n) is 5.05. The lowest BCUT2D eigenvalue weighted by Gasteiger charge is -2.10. The van der Waals surface area contributed by atoms with Gasteiger partial charge in [0, 0.05) is 26.8 Å². The van der Waals surface area contributed by atoms with Crippen molar-refractivity contribution < 1.29 is 4.74 Å². The van der Waals surface area contributed by atoms with Gasteiger partial charge in [0.15, 0.2) is 0 Å². The van der Waals surface area contributed by atoms with E-state index in [2.05, 4.69) is 24.3 Å². The van der Waals surface area contributed by atoms with Gasteiger partial charge < -0.3 is 15.8 Å². The van der Waals surface area contributed by atoms with Crippen LogP contribution in [0.4, 0.5) is 5.82 Å². The Morgan fingerprint density at radius 1 is 1.53 bits per heavy atom. The van der Waals surface area contributed by atoms with Crippen molar-refractivity contribution in [1.82, 2.24) is 9.78 Å². The molecule has 0 fully saturated rings. The van der Waals surface area contributed by atoms with Crippen molar-refractivity contribution in [2.45, 2.75) is 27.2 Å². The number of rotatable bonds is 8. The number of nitrogens with zero attached hydrogens (tertiary/aromatic N) is 2. The number of nitrogens with one attached hydrogen (secondary N) is 1. The minimum atomic E-state index is 0.379. The molecule has 6 heteroatoms. The summed E-state index contributed by atoms with van der Waals surface area (Å²) in [6, 6.07) is 0. The summed E-state index contributed by atoms with van der Waals surface area (Å²) < 4.78 is 7.31. The zero-order chi connectivity index (χ0) is 14.4. The molecule has 0 saturated carbocycles. The Morgan fingerprint density at radius 3 is 2.79 bits per heavy atom. The molecule has 1 rings (SSSR count). The fraction of sp³-hybridized carbons (Fsp3) is 0.692. The summed E-state index contributed by atoms with van der Waals surface area (Å²) in [5.41, 5.74) is 7.42. The first-order valence-corrected chi connectivity index (χ1v) is 6.99. The van der Waals surface area contributed by atoms with Crippen LogP contribution >= 0.6 is 12.2 Å². The Kier molecular flexibility index (Phi) is 6.24. The fourth-order valence-electron chi connectivity index (χ4n) is 1.86. The van der Waals surface area contributed by atoms with Gasteiger partial charge in [-0.25, -0.2) is 0 Å². The van der Waals surface area contributed by atoms with Crippen LogP contribution in [0.25, 0.3) is 0 Å². The van der Waals surface area contributed by atoms with E-state index in [0.29, 0.717) is 10.9 Å². The molecule has 0 amide bonds. The Morgan fingerprint density at radius 2 is 2.21 bits per heavy atom. The molecule has 0 spiro atoms. The predicted molar refractivity (Wildman–Crippen MR) is 82.6 cm³/mol. The second-order valence-corrected chi connectivity index (χ2v) is 5.49. The van der Waals surface area contributed by atoms with Gasteiger partial charge in [-0.05, 0) is 19.3 Å². The molecule has 0 unspecified atom stereocenters. The SMILES string of the molecule is Cc1nn(C)c(NCCCOCC(C)C)c1C(N)=S. The summed E-state index contributed by atoms with van der Waals surface area (Å²) in [6.07, 6.45) is 0.938. The number of nitrogens with two attached hydrogens (primary N) is 1. The van der Waals surface area contributed by atoms with E-state index < -0.39 is 0 Å². The summed E-state index contributed by atoms with van der Waals surface area (Å²) in [4.78, 5) is 0.379. The molecule has 0 aliphatic heterocycles. The van der Waals surface area contributed by atoms with Gasteiger partial charge in [0.05, 0.1) is 11.3 Å². The first-order chi connectivity index (χ1) is 8.93. The molecule has 1 heterocycles. The molecule has 0 radical (unpaired) electrons. The fourth-order valence-corrected chi connectivity index (χ4v) is 2.10. The van der Waals surface area contributed by atoms with Crippen molar-refractivity contribution >= 4 is 23.0 Å². The molecule has 0 saturated heterocycles. The molecule has 0 aliphatic carbocycles. The molecule has 5 nitrogen and oxygen atoms in total. The van der Waals surface area contributed by atoms with Gasteiger partial charge >= 0.3 is 0 Å². The van der Waals surface area contributed by atoms with Crippen molar-refractivity contribution in [3.05, 3.63) is 11.3 Å². The van der Waals surface area contributed by atoms with Crippen LogP contribution in [0.2, 0.25) is 0 Å². The van der Waals surface area contributed by atoms with E-state index in [1.165, 1.54) is 0 Å². The minimum Gasteiger partial charge on any atom is -0.389 e. The van der Waals surface area contributed by atoms with E-state index in [-0.39, 0.29) is 0 Å². The second kappa shape index (κ2) is 7.45. The smallest absolute Gasteiger partial charge is 0.134 e. The molecule has 0 atom stereocenters. The summed E-state index contributed by atoms with van der Waals surface area (Å²) in [6.45, 7) is 8.57. The van der Waals surface area contributed by atoms with Crippen LogP contribution in [-0.2, 0) is 11.8 Å². The standard InChI is InChI=1S/C13H24N4OS/c1-9(2)8-18-7-5-6-15-13-11(12(14)19)10(3)16-17(13)4/h9,15H,5-8H2,1-4H3,(H2,14,19). The van der Waals surface area contributed by atoms with Crippen LogP contribution in [0.5, 0.6) is 0 Å². The Labute approximate surface area is 120 Å². The number of ether oxygens (including phenoxy) is 1. The van der Waals surface area contributed by atoms with E-state index in [1.807, 2.05) is 14.0 Å². The van der Waals surface area contributed by atoms with Gasteiger partial charge in [-0.3, -0.25) is 4.68 Å². The molecule has 0 aromatic carbocycles. The van der Waals surface area contributed by atoms with Gasteiger partial charge in [-0.2, -0.15) is 5.10 Å². The molecule has 108 valence electrons. The first kappa shape index (κ1) is 15.9. The highest BCUT2D eigenvalue weighted by Crippen LogP contribution is 2.18. The van der Waals surface area contributed by atoms with Gasteiger partial charge in [0.25, 0.3) is 0 Å². The quantitative estimate of drug-likeness (QED) is 0.563. The summed E-state index contributed by atoms with van der Waals surface area (Å²) in [7, 11) is 1.88. The molecule has 0 bridgehead atoms. The van der Waals surface area contributed by atoms with Crippen LogP contribution in [-0.4, -0.2) is 34.5 Å². The molecular formula is C13H24N4OS. The van der Waals surface area contributed by atoms with Gasteiger partial charge in [-0.1, -0.05) is 26.1 Å². The summed E-state index contributed by atoms with van der Waals surface area (Å²) in [5, 5.41) is 7.65. The van der Waals surface area contributed by atoms with E-state index in [1.54, 1.807) is 4.68 Å². The van der Waals surface area contributed by atoms with Crippen LogP contribution in [0.15, 0.2) is 0 Å². The van der Waals surface area contributed by atoms with Gasteiger partial charge in [-0.15, -0.1) is 0 Å². The monoisotopic (exact) mass is 284 g/mol. The topological polar surface area (TPSA) is 65.1 Å². The Bertz CT molecular complexity index is 429. The summed E-state index contributed by atoms with van der Waals surface area (Å²) >= 11 is 5.06. The average molecular weight is 284 g/mol. The molecule has 1 aromatic rings. The van der Waals surface area contributed by atoms with Crippen molar-refractivity contribution in [1.29, 1.82) is 0 Å². The Balaban J connectivity index is 2.43. The number of hydrogen-bond donors (Lipinski definition) is 2. The maximum Gasteiger partial charge on any atom is 0.134 e. The van der Waals surface area contributed by atoms with Crippen LogP contribution in [0.3, 0.4) is 0 Å². The van der Waals surface area contributed by atoms with Crippen molar-refractivity contribution in [3.8, 4) is 0 Å². The van der Waals surface area contributed by atoms with Crippen molar-refractivity contribution in [2.24, 2.45) is 18.7 Å². The number of thiocarbonyl (C=S) groups is 1. The molecule has 0 aliphatic rings. The third-order valence-electron chi connectivity index (χ3n) is 2.68. The first-order valence-electron chi connectivity index (χ1n) is 6.58. The minimum absolute atomic E-state index is 0.379. The lowest BCUT2D eigenvalue weighted by atomic mass is 10.2. The zero-order valence-corrected chi connectivity index (χ0v) is 13.0. The zero-order valence-electron chi connectivity index (χ0n) is 12.2. The van der Waals surface area contributed by atoms with Crippen molar-refractivity contribution in [2.75, 3.05) is 25.1 Å². The molecule has 1 aromatic heterocycles. The Hall–Kier alpha value is -1.14. The maximum absolute atomic E-state index is 5.73. The normalized spacial score (nSPS) is 11.0. The third kappa shape index (κ3) is 4.80. The third-order valence-corrected chi connectivity index (χ3v) is 2.88. The number of anilines is 1. The van der Waals surface area contributed by atoms with Gasteiger partial charge in [0.1, 0.15) is 10.8 Å². The van der Waals surface area contributed by atoms with E-state index in [0.717, 1.165) is 43.3 Å². The highest BCUT2D eigenvalue weighted by Gasteiger charge is 2.14. The maximum atomic E-state index is 5.73. The van der Waals surface area contributed by atoms with Gasteiger partial charge in [0.2, 0.25) is 0 Å².